The Kier molecular flexibility index (Phi) is 3.52. The van der Waals surface area contributed by atoms with Gasteiger partial charge in [-0.1, -0.05) is 6.42 Å². The molecule has 2 saturated heterocycles. The van der Waals surface area contributed by atoms with Crippen LogP contribution in [0.2, 0.25) is 0 Å². The Balaban J connectivity index is 1.57. The third kappa shape index (κ3) is 2.52. The number of nitrogens with zero attached hydrogens (tertiary/aromatic N) is 3. The third-order valence-corrected chi connectivity index (χ3v) is 5.84. The van der Waals surface area contributed by atoms with E-state index in [-0.39, 0.29) is 5.54 Å². The van der Waals surface area contributed by atoms with E-state index in [2.05, 4.69) is 36.4 Å². The quantitative estimate of drug-likeness (QED) is 0.672. The maximum Gasteiger partial charge on any atom is 0.140 e. The van der Waals surface area contributed by atoms with Crippen LogP contribution in [-0.2, 0) is 0 Å². The van der Waals surface area contributed by atoms with Crippen molar-refractivity contribution < 1.29 is 0 Å². The van der Waals surface area contributed by atoms with Crippen LogP contribution < -0.4 is 10.2 Å². The number of aromatic amines is 2. The van der Waals surface area contributed by atoms with Gasteiger partial charge in [-0.05, 0) is 44.4 Å². The van der Waals surface area contributed by atoms with Gasteiger partial charge in [0.1, 0.15) is 5.65 Å². The zero-order valence-electron chi connectivity index (χ0n) is 14.4. The smallest absolute Gasteiger partial charge is 0.140 e. The number of H-pyrrole nitrogens is 2. The first-order valence-corrected chi connectivity index (χ1v) is 9.31. The maximum atomic E-state index is 4.54. The Morgan fingerprint density at radius 2 is 2.04 bits per heavy atom. The van der Waals surface area contributed by atoms with Crippen LogP contribution in [0.15, 0.2) is 30.7 Å². The van der Waals surface area contributed by atoms with Crippen LogP contribution in [0.25, 0.3) is 22.3 Å². The Labute approximate surface area is 147 Å². The normalized spacial score (nSPS) is 24.2. The summed E-state index contributed by atoms with van der Waals surface area (Å²) in [6.07, 6.45) is 12.2. The molecule has 5 rings (SSSR count). The summed E-state index contributed by atoms with van der Waals surface area (Å²) in [4.78, 5) is 10.4. The molecule has 25 heavy (non-hydrogen) atoms. The summed E-state index contributed by atoms with van der Waals surface area (Å²) in [6, 6.07) is 4.18. The van der Waals surface area contributed by atoms with E-state index in [1.54, 1.807) is 6.20 Å². The van der Waals surface area contributed by atoms with Gasteiger partial charge in [0.2, 0.25) is 0 Å². The Bertz CT molecular complexity index is 854. The first kappa shape index (κ1) is 15.0. The number of fused-ring (bicyclic) bond motifs is 1. The highest BCUT2D eigenvalue weighted by atomic mass is 15.2. The van der Waals surface area contributed by atoms with Crippen LogP contribution in [0.1, 0.15) is 32.1 Å². The Morgan fingerprint density at radius 3 is 2.88 bits per heavy atom. The summed E-state index contributed by atoms with van der Waals surface area (Å²) < 4.78 is 0. The summed E-state index contributed by atoms with van der Waals surface area (Å²) in [5.41, 5.74) is 4.69. The maximum absolute atomic E-state index is 4.54. The average Bonchev–Trinajstić information content (AvgIpc) is 3.31. The molecule has 6 heteroatoms. The van der Waals surface area contributed by atoms with Crippen molar-refractivity contribution in [3.63, 3.8) is 0 Å². The van der Waals surface area contributed by atoms with Gasteiger partial charge >= 0.3 is 0 Å². The molecule has 6 nitrogen and oxygen atoms in total. The van der Waals surface area contributed by atoms with Gasteiger partial charge in [0, 0.05) is 42.8 Å². The van der Waals surface area contributed by atoms with Crippen LogP contribution in [-0.4, -0.2) is 45.3 Å². The van der Waals surface area contributed by atoms with Crippen molar-refractivity contribution in [1.82, 2.24) is 25.5 Å². The second kappa shape index (κ2) is 5.88. The Hall–Kier alpha value is -2.34. The predicted octanol–water partition coefficient (Wildman–Crippen LogP) is 3.07. The summed E-state index contributed by atoms with van der Waals surface area (Å²) in [5, 5.41) is 12.2. The minimum absolute atomic E-state index is 0.288. The summed E-state index contributed by atoms with van der Waals surface area (Å²) >= 11 is 0. The first-order valence-electron chi connectivity index (χ1n) is 9.31. The largest absolute Gasteiger partial charge is 0.369 e. The molecule has 2 fully saturated rings. The lowest BCUT2D eigenvalue weighted by Gasteiger charge is -2.47. The van der Waals surface area contributed by atoms with Gasteiger partial charge in [-0.3, -0.25) is 5.10 Å². The molecule has 3 aromatic rings. The molecule has 1 atom stereocenters. The molecule has 0 aromatic carbocycles. The SMILES string of the molecule is c1cc(-c2c[nH]c3nccc(N4CCC[C@]5(CCCCN5)C4)c23)[nH]n1. The lowest BCUT2D eigenvalue weighted by Crippen LogP contribution is -2.59. The van der Waals surface area contributed by atoms with E-state index < -0.39 is 0 Å². The van der Waals surface area contributed by atoms with Crippen molar-refractivity contribution in [3.05, 3.63) is 30.7 Å². The molecular weight excluding hydrogens is 312 g/mol. The molecule has 0 unspecified atom stereocenters. The van der Waals surface area contributed by atoms with Crippen molar-refractivity contribution >= 4 is 16.7 Å². The number of aromatic nitrogens is 4. The summed E-state index contributed by atoms with van der Waals surface area (Å²) in [5.74, 6) is 0. The zero-order chi connectivity index (χ0) is 16.7. The van der Waals surface area contributed by atoms with E-state index in [0.717, 1.165) is 36.5 Å². The van der Waals surface area contributed by atoms with Gasteiger partial charge in [0.05, 0.1) is 16.8 Å². The van der Waals surface area contributed by atoms with E-state index in [4.69, 9.17) is 0 Å². The van der Waals surface area contributed by atoms with E-state index in [1.807, 2.05) is 18.5 Å². The molecule has 3 N–H and O–H groups in total. The summed E-state index contributed by atoms with van der Waals surface area (Å²) in [6.45, 7) is 3.35. The van der Waals surface area contributed by atoms with Gasteiger partial charge in [-0.15, -0.1) is 0 Å². The highest BCUT2D eigenvalue weighted by Crippen LogP contribution is 2.38. The minimum atomic E-state index is 0.288. The van der Waals surface area contributed by atoms with E-state index >= 15 is 0 Å². The second-order valence-corrected chi connectivity index (χ2v) is 7.42. The third-order valence-electron chi connectivity index (χ3n) is 5.84. The van der Waals surface area contributed by atoms with Gasteiger partial charge < -0.3 is 15.2 Å². The average molecular weight is 336 g/mol. The molecular formula is C19H24N6. The molecule has 0 aliphatic carbocycles. The number of hydrogen-bond acceptors (Lipinski definition) is 4. The van der Waals surface area contributed by atoms with Crippen molar-refractivity contribution in [2.24, 2.45) is 0 Å². The molecule has 130 valence electrons. The fourth-order valence-corrected chi connectivity index (χ4v) is 4.64. The molecule has 0 radical (unpaired) electrons. The standard InChI is InChI=1S/C19H24N6/c1-2-8-22-19(6-1)7-3-11-25(13-19)16-5-9-20-18-17(16)14(12-21-18)15-4-10-23-24-15/h4-5,9-10,12,22H,1-3,6-8,11,13H2,(H,20,21)(H,23,24)/t19-/m1/s1. The first-order chi connectivity index (χ1) is 12.3. The minimum Gasteiger partial charge on any atom is -0.369 e. The van der Waals surface area contributed by atoms with Crippen molar-refractivity contribution in [2.75, 3.05) is 24.5 Å². The lowest BCUT2D eigenvalue weighted by atomic mass is 9.81. The van der Waals surface area contributed by atoms with Crippen LogP contribution >= 0.6 is 0 Å². The predicted molar refractivity (Wildman–Crippen MR) is 99.7 cm³/mol. The number of hydrogen-bond donors (Lipinski definition) is 3. The Morgan fingerprint density at radius 1 is 1.08 bits per heavy atom. The van der Waals surface area contributed by atoms with Crippen molar-refractivity contribution in [2.45, 2.75) is 37.6 Å². The highest BCUT2D eigenvalue weighted by molar-refractivity contribution is 6.01. The van der Waals surface area contributed by atoms with E-state index in [0.29, 0.717) is 0 Å². The highest BCUT2D eigenvalue weighted by Gasteiger charge is 2.36. The molecule has 3 aromatic heterocycles. The van der Waals surface area contributed by atoms with E-state index in [1.165, 1.54) is 43.2 Å². The molecule has 2 aliphatic rings. The number of nitrogens with one attached hydrogen (secondary N) is 3. The van der Waals surface area contributed by atoms with Gasteiger partial charge in [-0.25, -0.2) is 4.98 Å². The summed E-state index contributed by atoms with van der Waals surface area (Å²) in [7, 11) is 0. The van der Waals surface area contributed by atoms with Gasteiger partial charge in [0.25, 0.3) is 0 Å². The number of anilines is 1. The van der Waals surface area contributed by atoms with Crippen LogP contribution in [0.5, 0.6) is 0 Å². The van der Waals surface area contributed by atoms with Crippen LogP contribution in [0, 0.1) is 0 Å². The number of pyridine rings is 1. The number of rotatable bonds is 2. The van der Waals surface area contributed by atoms with Crippen LogP contribution in [0.4, 0.5) is 5.69 Å². The molecule has 1 spiro atoms. The zero-order valence-corrected chi connectivity index (χ0v) is 14.4. The molecule has 0 saturated carbocycles. The molecule has 0 amide bonds. The van der Waals surface area contributed by atoms with Crippen LogP contribution in [0.3, 0.4) is 0 Å². The monoisotopic (exact) mass is 336 g/mol. The van der Waals surface area contributed by atoms with Crippen molar-refractivity contribution in [1.29, 1.82) is 0 Å². The second-order valence-electron chi connectivity index (χ2n) is 7.42. The topological polar surface area (TPSA) is 72.6 Å². The fourth-order valence-electron chi connectivity index (χ4n) is 4.64. The lowest BCUT2D eigenvalue weighted by molar-refractivity contribution is 0.216. The molecule has 0 bridgehead atoms. The molecule has 2 aliphatic heterocycles. The van der Waals surface area contributed by atoms with E-state index in [9.17, 15) is 0 Å². The van der Waals surface area contributed by atoms with Gasteiger partial charge in [-0.2, -0.15) is 5.10 Å². The number of piperidine rings is 2. The van der Waals surface area contributed by atoms with Gasteiger partial charge in [0.15, 0.2) is 0 Å². The fraction of sp³-hybridized carbons (Fsp3) is 0.474. The van der Waals surface area contributed by atoms with Crippen molar-refractivity contribution in [3.8, 4) is 11.3 Å². The molecule has 5 heterocycles.